The van der Waals surface area contributed by atoms with Crippen LogP contribution in [-0.2, 0) is 57.2 Å². The van der Waals surface area contributed by atoms with Gasteiger partial charge in [-0.15, -0.1) is 0 Å². The van der Waals surface area contributed by atoms with Gasteiger partial charge in [-0.3, -0.25) is 33.6 Å². The Morgan fingerprint density at radius 3 is 1.34 bits per heavy atom. The van der Waals surface area contributed by atoms with E-state index in [1.54, 1.807) is 48.5 Å². The van der Waals surface area contributed by atoms with Gasteiger partial charge in [0.2, 0.25) is 17.7 Å². The summed E-state index contributed by atoms with van der Waals surface area (Å²) in [6.45, 7) is 1.53. The van der Waals surface area contributed by atoms with Gasteiger partial charge < -0.3 is 111 Å². The molecule has 2 aliphatic rings. The van der Waals surface area contributed by atoms with Crippen LogP contribution in [0.15, 0.2) is 127 Å². The largest absolute Gasteiger partial charge is 1.00 e. The maximum atomic E-state index is 13.8. The number of carbonyl (C=O) groups is 10. The minimum atomic E-state index is -2.32. The number of carboxylic acids is 1. The van der Waals surface area contributed by atoms with Crippen molar-refractivity contribution in [2.24, 2.45) is 0 Å². The third-order valence-electron chi connectivity index (χ3n) is 17.8. The smallest absolute Gasteiger partial charge is 0.550 e. The van der Waals surface area contributed by atoms with Crippen LogP contribution in [0.2, 0.25) is 0 Å². The van der Waals surface area contributed by atoms with Crippen LogP contribution < -0.4 is 76.6 Å². The van der Waals surface area contributed by atoms with Gasteiger partial charge in [-0.1, -0.05) is 84.9 Å². The van der Waals surface area contributed by atoms with E-state index in [1.165, 1.54) is 48.6 Å². The van der Waals surface area contributed by atoms with Crippen molar-refractivity contribution in [3.63, 3.8) is 0 Å². The van der Waals surface area contributed by atoms with Crippen molar-refractivity contribution < 1.29 is 146 Å². The predicted octanol–water partition coefficient (Wildman–Crippen LogP) is -1.69. The molecule has 0 spiro atoms. The number of nitrogens with one attached hydrogen (secondary N) is 7. The zero-order chi connectivity index (χ0) is 79.8. The molecule has 598 valence electrons. The van der Waals surface area contributed by atoms with Gasteiger partial charge in [0.15, 0.2) is 0 Å². The second kappa shape index (κ2) is 46.8. The molecule has 0 aromatic heterocycles. The monoisotopic (exact) mass is 1590 g/mol. The molecule has 34 heteroatoms. The van der Waals surface area contributed by atoms with E-state index in [9.17, 15) is 83.7 Å². The van der Waals surface area contributed by atoms with Crippen molar-refractivity contribution in [1.29, 1.82) is 0 Å². The van der Waals surface area contributed by atoms with Gasteiger partial charge in [0.05, 0.1) is 76.1 Å². The molecule has 2 saturated heterocycles. The summed E-state index contributed by atoms with van der Waals surface area (Å²) in [5.74, 6) is -10.0. The molecule has 7 amide bonds. The number of aliphatic hydroxyl groups excluding tert-OH is 6. The molecule has 0 saturated carbocycles. The molecule has 2 aliphatic heterocycles. The molecule has 0 bridgehead atoms. The molecule has 7 rings (SSSR count). The normalized spacial score (nSPS) is 20.4. The minimum Gasteiger partial charge on any atom is -0.550 e. The summed E-state index contributed by atoms with van der Waals surface area (Å²) in [5, 5.41) is 97.6. The molecule has 2 fully saturated rings. The van der Waals surface area contributed by atoms with Gasteiger partial charge in [0, 0.05) is 100.0 Å². The van der Waals surface area contributed by atoms with E-state index >= 15 is 0 Å². The third-order valence-corrected chi connectivity index (χ3v) is 20.0. The number of methoxy groups -OCH3 is 2. The number of amides is 7. The van der Waals surface area contributed by atoms with Crippen LogP contribution >= 0.6 is 23.5 Å². The molecule has 5 aromatic rings. The Morgan fingerprint density at radius 2 is 0.910 bits per heavy atom. The number of ether oxygens (including phenoxy) is 7. The van der Waals surface area contributed by atoms with Gasteiger partial charge in [-0.05, 0) is 115 Å². The molecular weight excluding hydrogens is 1490 g/mol. The van der Waals surface area contributed by atoms with Gasteiger partial charge >= 0.3 is 41.5 Å². The second-order valence-corrected chi connectivity index (χ2v) is 28.5. The van der Waals surface area contributed by atoms with Crippen LogP contribution in [-0.4, -0.2) is 252 Å². The van der Waals surface area contributed by atoms with Crippen LogP contribution in [0.5, 0.6) is 5.75 Å². The van der Waals surface area contributed by atoms with Crippen LogP contribution in [0.3, 0.4) is 0 Å². The van der Waals surface area contributed by atoms with Crippen LogP contribution in [0.4, 0.5) is 0 Å². The van der Waals surface area contributed by atoms with Crippen molar-refractivity contribution in [1.82, 2.24) is 37.2 Å². The van der Waals surface area contributed by atoms with E-state index < -0.39 is 152 Å². The van der Waals surface area contributed by atoms with Crippen molar-refractivity contribution >= 4 is 82.8 Å². The molecule has 0 radical (unpaired) electrons. The standard InChI is InChI=1S/C77H99N7O24S2.Na/c1-47(85)83-64-57(87)43-76(74(100)102-3,107-68(64)66(94)59(89)45-81-70(96)53-26-22-51(23-27-53)49-16-7-5-8-17-49)105-36-14-38-109-40-33-79-72(98)55-30-31-56(61(42-55)104-35-13-32-78-62(91)20-11-12-21-63(92)93)73(99)80-34-41-110-39-15-37-106-77(75(101)103-4)44-58(88)65(84-48(2)86)69(108-77)67(95)60(90)46-82-71(97)54-28-24-52(25-29-54)50-18-9-6-10-19-50;/h5-10,16-19,22-31,42,57-60,64-69,87-90,94-95H,11-15,20-21,32-41,43-46H2,1-4H3,(H,78,91)(H,79,98)(H,80,99)(H,81,96)(H,82,97)(H,83,85)(H,84,86)(H,92,93);/q;+1/p-1/t57-,58-,59+,60+,64+,65+,66?,67?,68+,69+,76+,77+;/m0./s1. The first-order valence-electron chi connectivity index (χ1n) is 36.0. The summed E-state index contributed by atoms with van der Waals surface area (Å²) < 4.78 is 40.3. The topological polar surface area (TPSA) is 464 Å². The molecule has 0 aliphatic carbocycles. The van der Waals surface area contributed by atoms with E-state index in [2.05, 4.69) is 37.2 Å². The average Bonchev–Trinajstić information content (AvgIpc) is 0.770. The van der Waals surface area contributed by atoms with E-state index in [4.69, 9.17) is 33.2 Å². The third kappa shape index (κ3) is 28.2. The molecular formula is C77H98N7NaO24S2. The Hall–Kier alpha value is -8.10. The second-order valence-electron chi connectivity index (χ2n) is 26.1. The summed E-state index contributed by atoms with van der Waals surface area (Å²) in [4.78, 5) is 128. The Balaban J connectivity index is 0.0000192. The number of hydrogen-bond donors (Lipinski definition) is 13. The fourth-order valence-corrected chi connectivity index (χ4v) is 13.7. The molecule has 12 atom stereocenters. The number of carbonyl (C=O) groups excluding carboxylic acids is 10. The van der Waals surface area contributed by atoms with Crippen molar-refractivity contribution in [2.45, 2.75) is 144 Å². The summed E-state index contributed by atoms with van der Waals surface area (Å²) in [6.07, 6.45) is -13.4. The van der Waals surface area contributed by atoms with Crippen LogP contribution in [0, 0.1) is 0 Å². The summed E-state index contributed by atoms with van der Waals surface area (Å²) in [7, 11) is 2.13. The van der Waals surface area contributed by atoms with Gasteiger partial charge in [0.25, 0.3) is 35.2 Å². The summed E-state index contributed by atoms with van der Waals surface area (Å²) >= 11 is 2.81. The van der Waals surface area contributed by atoms with E-state index in [1.807, 2.05) is 60.7 Å². The number of hydrogen-bond acceptors (Lipinski definition) is 26. The van der Waals surface area contributed by atoms with Crippen molar-refractivity contribution in [2.75, 3.05) is 89.8 Å². The number of benzene rings is 5. The molecule has 111 heavy (non-hydrogen) atoms. The number of aliphatic hydroxyl groups is 6. The van der Waals surface area contributed by atoms with E-state index in [0.29, 0.717) is 35.9 Å². The van der Waals surface area contributed by atoms with E-state index in [-0.39, 0.29) is 135 Å². The molecule has 31 nitrogen and oxygen atoms in total. The Labute approximate surface area is 673 Å². The maximum Gasteiger partial charge on any atom is 1.00 e. The average molecular weight is 1590 g/mol. The number of rotatable bonds is 44. The number of aliphatic carboxylic acids is 1. The van der Waals surface area contributed by atoms with Crippen LogP contribution in [0.1, 0.15) is 113 Å². The molecule has 13 N–H and O–H groups in total. The molecule has 5 aromatic carbocycles. The van der Waals surface area contributed by atoms with Crippen molar-refractivity contribution in [3.05, 3.63) is 150 Å². The number of esters is 2. The predicted molar refractivity (Wildman–Crippen MR) is 402 cm³/mol. The number of carboxylic acid groups (broad SMARTS) is 1. The molecule has 2 heterocycles. The fraction of sp³-hybridized carbons (Fsp3) is 0.481. The Morgan fingerprint density at radius 1 is 0.495 bits per heavy atom. The summed E-state index contributed by atoms with van der Waals surface area (Å²) in [5.41, 5.74) is 4.39. The molecule has 2 unspecified atom stereocenters. The van der Waals surface area contributed by atoms with Crippen LogP contribution in [0.25, 0.3) is 22.3 Å². The Bertz CT molecular complexity index is 3840. The van der Waals surface area contributed by atoms with E-state index in [0.717, 1.165) is 43.4 Å². The first-order valence-corrected chi connectivity index (χ1v) is 38.4. The first kappa shape index (κ1) is 91.8. The minimum absolute atomic E-state index is 0. The van der Waals surface area contributed by atoms with Gasteiger partial charge in [-0.2, -0.15) is 23.5 Å². The number of unbranched alkanes of at least 4 members (excludes halogenated alkanes) is 1. The zero-order valence-corrected chi connectivity index (χ0v) is 66.2. The SMILES string of the molecule is COC(=O)[C@@]1(OCCCSCCNC(=O)c2ccc(C(=O)NCCSCCCO[C@]3(C(=O)OC)C[C@H](O)[C@@H](NC(C)=O)[C@H](C(O)[C@H](O)CNC(=O)c4ccc(-c5ccccc5)cc4)O3)c(OCCCNC(=O)CCCCC(=O)[O-])c2)C[C@H](O)[C@@H](NC(C)=O)[C@H](C(O)[C@H](O)CNC(=O)c2ccc(-c3ccccc3)cc2)O1.[Na+]. The van der Waals surface area contributed by atoms with Gasteiger partial charge in [-0.25, -0.2) is 9.59 Å². The number of thioether (sulfide) groups is 2. The van der Waals surface area contributed by atoms with Gasteiger partial charge in [0.1, 0.15) is 30.2 Å². The van der Waals surface area contributed by atoms with Crippen molar-refractivity contribution in [3.8, 4) is 28.0 Å². The maximum absolute atomic E-state index is 13.8. The first-order chi connectivity index (χ1) is 52.8. The quantitative estimate of drug-likeness (QED) is 0.0118. The zero-order valence-electron chi connectivity index (χ0n) is 62.6. The fourth-order valence-electron chi connectivity index (χ4n) is 12.1. The summed E-state index contributed by atoms with van der Waals surface area (Å²) in [6, 6.07) is 34.0. The Kier molecular flexibility index (Phi) is 38.7.